The highest BCUT2D eigenvalue weighted by atomic mass is 32.2. The van der Waals surface area contributed by atoms with E-state index in [1.54, 1.807) is 0 Å². The van der Waals surface area contributed by atoms with Crippen LogP contribution in [0.1, 0.15) is 32.1 Å². The van der Waals surface area contributed by atoms with E-state index < -0.39 is 0 Å². The zero-order chi connectivity index (χ0) is 10.7. The van der Waals surface area contributed by atoms with Crippen molar-refractivity contribution in [3.63, 3.8) is 0 Å². The number of carbonyl (C=O) groups excluding carboxylic acids is 1. The van der Waals surface area contributed by atoms with E-state index in [-0.39, 0.29) is 5.91 Å². The Morgan fingerprint density at radius 1 is 1.33 bits per heavy atom. The Bertz CT molecular complexity index is 231. The fourth-order valence-corrected chi connectivity index (χ4v) is 3.09. The highest BCUT2D eigenvalue weighted by molar-refractivity contribution is 7.99. The third-order valence-electron chi connectivity index (χ3n) is 3.23. The summed E-state index contributed by atoms with van der Waals surface area (Å²) >= 11 is 1.88. The first kappa shape index (κ1) is 11.3. The van der Waals surface area contributed by atoms with Gasteiger partial charge in [0.2, 0.25) is 5.91 Å². The molecule has 0 spiro atoms. The predicted octanol–water partition coefficient (Wildman–Crippen LogP) is 1.14. The molecule has 0 aromatic carbocycles. The van der Waals surface area contributed by atoms with Crippen LogP contribution in [0, 0.1) is 0 Å². The van der Waals surface area contributed by atoms with Crippen molar-refractivity contribution in [2.45, 2.75) is 49.4 Å². The Hall–Kier alpha value is -0.220. The molecule has 2 fully saturated rings. The lowest BCUT2D eigenvalue weighted by molar-refractivity contribution is -0.120. The van der Waals surface area contributed by atoms with E-state index in [0.717, 1.165) is 6.42 Å². The number of hydrogen-bond acceptors (Lipinski definition) is 3. The smallest absolute Gasteiger partial charge is 0.234 e. The van der Waals surface area contributed by atoms with Crippen LogP contribution >= 0.6 is 11.8 Å². The molecule has 0 aliphatic heterocycles. The van der Waals surface area contributed by atoms with Crippen molar-refractivity contribution in [2.24, 2.45) is 0 Å². The van der Waals surface area contributed by atoms with Crippen LogP contribution in [-0.2, 0) is 4.79 Å². The monoisotopic (exact) mass is 228 g/mol. The van der Waals surface area contributed by atoms with Gasteiger partial charge in [0, 0.05) is 17.3 Å². The van der Waals surface area contributed by atoms with Crippen molar-refractivity contribution in [3.8, 4) is 0 Å². The summed E-state index contributed by atoms with van der Waals surface area (Å²) in [4.78, 5) is 11.6. The normalized spacial score (nSPS) is 30.5. The van der Waals surface area contributed by atoms with Gasteiger partial charge in [-0.1, -0.05) is 6.42 Å². The average molecular weight is 228 g/mol. The lowest BCUT2D eigenvalue weighted by Gasteiger charge is -2.19. The molecule has 2 atom stereocenters. The van der Waals surface area contributed by atoms with Gasteiger partial charge >= 0.3 is 0 Å². The molecular formula is C11H20N2OS. The molecule has 2 aliphatic carbocycles. The molecule has 2 rings (SSSR count). The fourth-order valence-electron chi connectivity index (χ4n) is 2.16. The summed E-state index contributed by atoms with van der Waals surface area (Å²) in [6.07, 6.45) is 8.28. The minimum absolute atomic E-state index is 0.174. The molecule has 2 aliphatic rings. The second kappa shape index (κ2) is 5.21. The van der Waals surface area contributed by atoms with Gasteiger partial charge in [0.1, 0.15) is 0 Å². The Balaban J connectivity index is 1.67. The molecule has 2 N–H and O–H groups in total. The lowest BCUT2D eigenvalue weighted by Crippen LogP contribution is -2.43. The molecule has 0 saturated heterocycles. The van der Waals surface area contributed by atoms with E-state index in [1.165, 1.54) is 25.7 Å². The van der Waals surface area contributed by atoms with Crippen LogP contribution in [0.25, 0.3) is 0 Å². The number of rotatable bonds is 5. The minimum atomic E-state index is 0.174. The Morgan fingerprint density at radius 3 is 2.80 bits per heavy atom. The summed E-state index contributed by atoms with van der Waals surface area (Å²) in [5, 5.41) is 7.02. The van der Waals surface area contributed by atoms with E-state index in [0.29, 0.717) is 23.9 Å². The maximum atomic E-state index is 11.6. The number of hydrogen-bond donors (Lipinski definition) is 2. The minimum Gasteiger partial charge on any atom is -0.351 e. The Morgan fingerprint density at radius 2 is 2.13 bits per heavy atom. The number of amides is 1. The molecule has 0 radical (unpaired) electrons. The topological polar surface area (TPSA) is 41.1 Å². The maximum absolute atomic E-state index is 11.6. The zero-order valence-corrected chi connectivity index (χ0v) is 10.1. The van der Waals surface area contributed by atoms with Crippen LogP contribution in [0.5, 0.6) is 0 Å². The van der Waals surface area contributed by atoms with Crippen molar-refractivity contribution < 1.29 is 4.79 Å². The van der Waals surface area contributed by atoms with E-state index in [9.17, 15) is 4.79 Å². The van der Waals surface area contributed by atoms with Gasteiger partial charge in [-0.2, -0.15) is 11.8 Å². The summed E-state index contributed by atoms with van der Waals surface area (Å²) in [5.74, 6) is 0.174. The summed E-state index contributed by atoms with van der Waals surface area (Å²) in [6.45, 7) is 0.502. The molecule has 4 heteroatoms. The quantitative estimate of drug-likeness (QED) is 0.741. The van der Waals surface area contributed by atoms with Crippen LogP contribution in [0.3, 0.4) is 0 Å². The maximum Gasteiger partial charge on any atom is 0.234 e. The van der Waals surface area contributed by atoms with Crippen molar-refractivity contribution in [1.82, 2.24) is 10.6 Å². The Labute approximate surface area is 95.8 Å². The molecular weight excluding hydrogens is 208 g/mol. The molecule has 0 heterocycles. The van der Waals surface area contributed by atoms with Gasteiger partial charge in [-0.25, -0.2) is 0 Å². The molecule has 86 valence electrons. The number of carbonyl (C=O) groups is 1. The largest absolute Gasteiger partial charge is 0.351 e. The molecule has 0 aromatic heterocycles. The van der Waals surface area contributed by atoms with Crippen LogP contribution in [-0.4, -0.2) is 36.0 Å². The molecule has 0 aromatic rings. The summed E-state index contributed by atoms with van der Waals surface area (Å²) < 4.78 is 0. The standard InChI is InChI=1S/C11H20N2OS/c1-15-10-4-2-3-9(10)13-11(14)7-12-8-5-6-8/h8-10,12H,2-7H2,1H3,(H,13,14). The Kier molecular flexibility index (Phi) is 3.92. The van der Waals surface area contributed by atoms with Crippen molar-refractivity contribution >= 4 is 17.7 Å². The lowest BCUT2D eigenvalue weighted by atomic mass is 10.2. The predicted molar refractivity (Wildman–Crippen MR) is 64.1 cm³/mol. The highest BCUT2D eigenvalue weighted by Crippen LogP contribution is 2.28. The average Bonchev–Trinajstić information content (AvgIpc) is 2.96. The van der Waals surface area contributed by atoms with E-state index >= 15 is 0 Å². The summed E-state index contributed by atoms with van der Waals surface area (Å²) in [5.41, 5.74) is 0. The highest BCUT2D eigenvalue weighted by Gasteiger charge is 2.28. The van der Waals surface area contributed by atoms with Gasteiger partial charge in [-0.3, -0.25) is 4.79 Å². The van der Waals surface area contributed by atoms with Gasteiger partial charge in [0.15, 0.2) is 0 Å². The van der Waals surface area contributed by atoms with Gasteiger partial charge in [0.05, 0.1) is 6.54 Å². The summed E-state index contributed by atoms with van der Waals surface area (Å²) in [7, 11) is 0. The van der Waals surface area contributed by atoms with E-state index in [1.807, 2.05) is 11.8 Å². The summed E-state index contributed by atoms with van der Waals surface area (Å²) in [6, 6.07) is 1.03. The SMILES string of the molecule is CSC1CCCC1NC(=O)CNC1CC1. The molecule has 2 unspecified atom stereocenters. The van der Waals surface area contributed by atoms with Crippen LogP contribution < -0.4 is 10.6 Å². The van der Waals surface area contributed by atoms with Crippen LogP contribution in [0.2, 0.25) is 0 Å². The number of thioether (sulfide) groups is 1. The van der Waals surface area contributed by atoms with Crippen LogP contribution in [0.15, 0.2) is 0 Å². The van der Waals surface area contributed by atoms with Crippen molar-refractivity contribution in [2.75, 3.05) is 12.8 Å². The number of nitrogens with one attached hydrogen (secondary N) is 2. The second-order valence-corrected chi connectivity index (χ2v) is 5.61. The zero-order valence-electron chi connectivity index (χ0n) is 9.29. The first-order valence-electron chi connectivity index (χ1n) is 5.85. The first-order valence-corrected chi connectivity index (χ1v) is 7.14. The molecule has 1 amide bonds. The van der Waals surface area contributed by atoms with Crippen molar-refractivity contribution in [1.29, 1.82) is 0 Å². The third-order valence-corrected chi connectivity index (χ3v) is 4.40. The van der Waals surface area contributed by atoms with E-state index in [2.05, 4.69) is 16.9 Å². The fraction of sp³-hybridized carbons (Fsp3) is 0.909. The van der Waals surface area contributed by atoms with Crippen molar-refractivity contribution in [3.05, 3.63) is 0 Å². The van der Waals surface area contributed by atoms with Gasteiger partial charge < -0.3 is 10.6 Å². The third kappa shape index (κ3) is 3.38. The molecule has 2 saturated carbocycles. The van der Waals surface area contributed by atoms with Crippen LogP contribution in [0.4, 0.5) is 0 Å². The second-order valence-electron chi connectivity index (χ2n) is 4.53. The first-order chi connectivity index (χ1) is 7.29. The van der Waals surface area contributed by atoms with Gasteiger partial charge in [-0.05, 0) is 31.9 Å². The molecule has 0 bridgehead atoms. The van der Waals surface area contributed by atoms with Gasteiger partial charge in [0.25, 0.3) is 0 Å². The van der Waals surface area contributed by atoms with E-state index in [4.69, 9.17) is 0 Å². The molecule has 15 heavy (non-hydrogen) atoms. The van der Waals surface area contributed by atoms with Gasteiger partial charge in [-0.15, -0.1) is 0 Å². The molecule has 3 nitrogen and oxygen atoms in total.